The average Bonchev–Trinajstić information content (AvgIpc) is 3.31. The maximum Gasteiger partial charge on any atom is 0.307 e. The second-order valence-electron chi connectivity index (χ2n) is 10.4. The summed E-state index contributed by atoms with van der Waals surface area (Å²) in [6.45, 7) is 7.73. The Morgan fingerprint density at radius 2 is 1.47 bits per heavy atom. The summed E-state index contributed by atoms with van der Waals surface area (Å²) in [4.78, 5) is 40.3. The van der Waals surface area contributed by atoms with Crippen LogP contribution in [0.4, 0.5) is 0 Å². The largest absolute Gasteiger partial charge is 0.431 e. The summed E-state index contributed by atoms with van der Waals surface area (Å²) in [5.41, 5.74) is 5.11. The van der Waals surface area contributed by atoms with Gasteiger partial charge in [-0.2, -0.15) is 0 Å². The first-order valence-corrected chi connectivity index (χ1v) is 15.5. The van der Waals surface area contributed by atoms with Crippen LogP contribution in [0.5, 0.6) is 0 Å². The minimum absolute atomic E-state index is 0.0370. The zero-order valence-corrected chi connectivity index (χ0v) is 26.1. The normalized spacial score (nSPS) is 11.9. The summed E-state index contributed by atoms with van der Waals surface area (Å²) in [7, 11) is 0. The van der Waals surface area contributed by atoms with Gasteiger partial charge in [0.1, 0.15) is 5.76 Å². The van der Waals surface area contributed by atoms with Crippen LogP contribution in [-0.2, 0) is 16.1 Å². The molecule has 0 amide bonds. The minimum Gasteiger partial charge on any atom is -0.431 e. The third-order valence-corrected chi connectivity index (χ3v) is 8.79. The maximum atomic E-state index is 14.0. The number of fused-ring (bicyclic) bond motifs is 3. The molecule has 218 valence electrons. The van der Waals surface area contributed by atoms with Gasteiger partial charge < -0.3 is 9.30 Å². The summed E-state index contributed by atoms with van der Waals surface area (Å²) in [6.07, 6.45) is 0.412. The molecule has 5 rings (SSSR count). The molecule has 0 saturated carbocycles. The predicted molar refractivity (Wildman–Crippen MR) is 175 cm³/mol. The topological polar surface area (TPSA) is 65.4 Å². The van der Waals surface area contributed by atoms with Crippen molar-refractivity contribution in [3.05, 3.63) is 124 Å². The number of esters is 1. The number of ether oxygens (including phenoxy) is 1. The van der Waals surface area contributed by atoms with Crippen LogP contribution < -0.4 is 0 Å². The number of rotatable bonds is 10. The van der Waals surface area contributed by atoms with Crippen molar-refractivity contribution in [3.63, 3.8) is 0 Å². The molecule has 7 heteroatoms. The number of nitrogens with zero attached hydrogens (tertiary/aromatic N) is 1. The second-order valence-corrected chi connectivity index (χ2v) is 12.0. The highest BCUT2D eigenvalue weighted by Crippen LogP contribution is 2.33. The van der Waals surface area contributed by atoms with Gasteiger partial charge in [-0.1, -0.05) is 35.9 Å². The van der Waals surface area contributed by atoms with E-state index in [4.69, 9.17) is 16.3 Å². The first-order chi connectivity index (χ1) is 20.7. The summed E-state index contributed by atoms with van der Waals surface area (Å²) in [5.74, 6) is 0.215. The molecule has 0 N–H and O–H groups in total. The molecular weight excluding hydrogens is 578 g/mol. The summed E-state index contributed by atoms with van der Waals surface area (Å²) >= 11 is 7.61. The number of aromatic nitrogens is 1. The quantitative estimate of drug-likeness (QED) is 0.0519. The molecule has 0 spiro atoms. The third kappa shape index (κ3) is 6.46. The van der Waals surface area contributed by atoms with E-state index in [-0.39, 0.29) is 11.6 Å². The lowest BCUT2D eigenvalue weighted by Crippen LogP contribution is -2.10. The third-order valence-electron chi connectivity index (χ3n) is 7.53. The second kappa shape index (κ2) is 13.0. The van der Waals surface area contributed by atoms with Crippen molar-refractivity contribution in [1.29, 1.82) is 0 Å². The highest BCUT2D eigenvalue weighted by Gasteiger charge is 2.21. The molecule has 0 radical (unpaired) electrons. The number of carbonyl (C=O) groups is 3. The van der Waals surface area contributed by atoms with Gasteiger partial charge >= 0.3 is 5.97 Å². The molecular formula is C36H32ClNO4S. The number of allylic oxidation sites excluding steroid dienone is 2. The van der Waals surface area contributed by atoms with Gasteiger partial charge in [-0.05, 0) is 93.4 Å². The van der Waals surface area contributed by atoms with Crippen LogP contribution in [0.3, 0.4) is 0 Å². The first kappa shape index (κ1) is 30.3. The van der Waals surface area contributed by atoms with Crippen molar-refractivity contribution >= 4 is 62.7 Å². The molecule has 4 aromatic carbocycles. The Labute approximate surface area is 260 Å². The van der Waals surface area contributed by atoms with Crippen LogP contribution in [0.2, 0.25) is 5.02 Å². The highest BCUT2D eigenvalue weighted by molar-refractivity contribution is 7.99. The summed E-state index contributed by atoms with van der Waals surface area (Å²) < 4.78 is 7.58. The lowest BCUT2D eigenvalue weighted by Gasteiger charge is -2.12. The Hall–Kier alpha value is -4.13. The van der Waals surface area contributed by atoms with Crippen LogP contribution >= 0.6 is 23.4 Å². The standard InChI is InChI=1S/C36H32ClNO4S/c1-5-38-33-16-10-25(35(40)29-9-7-6-8-22(29)2)20-31(33)32-21-26(11-17-34(32)38)36(41)30(23(3)42-24(4)39)18-19-43-28-14-12-27(37)13-15-28/h6-17,20-21H,5,18-19H2,1-4H3/b30-23+. The molecule has 1 heterocycles. The van der Waals surface area contributed by atoms with Gasteiger partial charge in [0.15, 0.2) is 11.6 Å². The van der Waals surface area contributed by atoms with E-state index in [1.807, 2.05) is 91.9 Å². The lowest BCUT2D eigenvalue weighted by molar-refractivity contribution is -0.136. The average molecular weight is 610 g/mol. The molecule has 0 saturated heterocycles. The molecule has 0 aliphatic rings. The fourth-order valence-electron chi connectivity index (χ4n) is 5.41. The van der Waals surface area contributed by atoms with E-state index in [1.54, 1.807) is 18.7 Å². The Morgan fingerprint density at radius 1 is 0.837 bits per heavy atom. The molecule has 0 atom stereocenters. The zero-order valence-electron chi connectivity index (χ0n) is 24.6. The number of thioether (sulfide) groups is 1. The predicted octanol–water partition coefficient (Wildman–Crippen LogP) is 9.21. The zero-order chi connectivity index (χ0) is 30.7. The fourth-order valence-corrected chi connectivity index (χ4v) is 6.41. The van der Waals surface area contributed by atoms with Gasteiger partial charge in [0, 0.05) is 73.2 Å². The van der Waals surface area contributed by atoms with E-state index in [0.29, 0.717) is 45.2 Å². The van der Waals surface area contributed by atoms with Gasteiger partial charge in [-0.15, -0.1) is 11.8 Å². The number of aryl methyl sites for hydroxylation is 2. The molecule has 0 bridgehead atoms. The number of ketones is 2. The molecule has 5 aromatic rings. The van der Waals surface area contributed by atoms with Crippen LogP contribution in [0.25, 0.3) is 21.8 Å². The van der Waals surface area contributed by atoms with Crippen LogP contribution in [0.15, 0.2) is 101 Å². The number of halogens is 1. The first-order valence-electron chi connectivity index (χ1n) is 14.2. The molecule has 1 aromatic heterocycles. The van der Waals surface area contributed by atoms with Crippen molar-refractivity contribution in [2.45, 2.75) is 45.6 Å². The molecule has 0 aliphatic heterocycles. The van der Waals surface area contributed by atoms with Gasteiger partial charge in [0.2, 0.25) is 0 Å². The van der Waals surface area contributed by atoms with Gasteiger partial charge in [-0.3, -0.25) is 14.4 Å². The van der Waals surface area contributed by atoms with Crippen molar-refractivity contribution in [2.24, 2.45) is 0 Å². The van der Waals surface area contributed by atoms with E-state index in [1.165, 1.54) is 6.92 Å². The number of Topliss-reactive ketones (excluding diaryl/α,β-unsaturated/α-hetero) is 1. The van der Waals surface area contributed by atoms with E-state index in [2.05, 4.69) is 11.5 Å². The van der Waals surface area contributed by atoms with E-state index in [9.17, 15) is 14.4 Å². The van der Waals surface area contributed by atoms with Gasteiger partial charge in [0.05, 0.1) is 0 Å². The molecule has 0 unspecified atom stereocenters. The smallest absolute Gasteiger partial charge is 0.307 e. The van der Waals surface area contributed by atoms with Crippen molar-refractivity contribution in [2.75, 3.05) is 5.75 Å². The number of hydrogen-bond donors (Lipinski definition) is 0. The number of hydrogen-bond acceptors (Lipinski definition) is 5. The van der Waals surface area contributed by atoms with Crippen LogP contribution in [0, 0.1) is 6.92 Å². The SMILES string of the molecule is CCn1c2ccc(C(=O)/C(CCSc3ccc(Cl)cc3)=C(\C)OC(C)=O)cc2c2cc(C(=O)c3ccccc3C)ccc21. The van der Waals surface area contributed by atoms with Gasteiger partial charge in [0.25, 0.3) is 0 Å². The van der Waals surface area contributed by atoms with Crippen molar-refractivity contribution < 1.29 is 19.1 Å². The molecule has 0 aliphatic carbocycles. The molecule has 5 nitrogen and oxygen atoms in total. The highest BCUT2D eigenvalue weighted by atomic mass is 35.5. The lowest BCUT2D eigenvalue weighted by atomic mass is 9.96. The Balaban J connectivity index is 1.53. The van der Waals surface area contributed by atoms with E-state index in [0.717, 1.165) is 38.8 Å². The van der Waals surface area contributed by atoms with Gasteiger partial charge in [-0.25, -0.2) is 0 Å². The Morgan fingerprint density at radius 3 is 2.09 bits per heavy atom. The number of carbonyl (C=O) groups excluding carboxylic acids is 3. The van der Waals surface area contributed by atoms with Crippen LogP contribution in [-0.4, -0.2) is 27.9 Å². The van der Waals surface area contributed by atoms with Crippen molar-refractivity contribution in [3.8, 4) is 0 Å². The van der Waals surface area contributed by atoms with E-state index < -0.39 is 5.97 Å². The monoisotopic (exact) mass is 609 g/mol. The maximum absolute atomic E-state index is 14.0. The minimum atomic E-state index is -0.472. The fraction of sp³-hybridized carbons (Fsp3) is 0.194. The summed E-state index contributed by atoms with van der Waals surface area (Å²) in [5, 5.41) is 2.46. The number of benzene rings is 4. The van der Waals surface area contributed by atoms with Crippen molar-refractivity contribution in [1.82, 2.24) is 4.57 Å². The summed E-state index contributed by atoms with van der Waals surface area (Å²) in [6, 6.07) is 26.6. The van der Waals surface area contributed by atoms with Crippen LogP contribution in [0.1, 0.15) is 59.0 Å². The van der Waals surface area contributed by atoms with E-state index >= 15 is 0 Å². The molecule has 43 heavy (non-hydrogen) atoms. The Bertz CT molecular complexity index is 1900. The molecule has 0 fully saturated rings. The Kier molecular flexibility index (Phi) is 9.19.